The Labute approximate surface area is 91.6 Å². The minimum Gasteiger partial charge on any atom is -0.274 e. The molecule has 3 heteroatoms. The molecule has 1 amide bonds. The maximum atomic E-state index is 11.5. The Morgan fingerprint density at radius 2 is 1.67 bits per heavy atom. The van der Waals surface area contributed by atoms with E-state index in [2.05, 4.69) is 0 Å². The van der Waals surface area contributed by atoms with Gasteiger partial charge in [-0.05, 0) is 19.1 Å². The van der Waals surface area contributed by atoms with Crippen LogP contribution < -0.4 is 0 Å². The van der Waals surface area contributed by atoms with Gasteiger partial charge >= 0.3 is 0 Å². The minimum absolute atomic E-state index is 0.137. The molecule has 0 aromatic heterocycles. The second kappa shape index (κ2) is 7.01. The van der Waals surface area contributed by atoms with Crippen molar-refractivity contribution in [1.82, 2.24) is 5.06 Å². The van der Waals surface area contributed by atoms with Gasteiger partial charge < -0.3 is 0 Å². The second-order valence-corrected chi connectivity index (χ2v) is 2.85. The van der Waals surface area contributed by atoms with Gasteiger partial charge in [-0.2, -0.15) is 0 Å². The van der Waals surface area contributed by atoms with E-state index >= 15 is 0 Å². The highest BCUT2D eigenvalue weighted by atomic mass is 16.7. The van der Waals surface area contributed by atoms with Crippen molar-refractivity contribution < 1.29 is 9.63 Å². The smallest absolute Gasteiger partial charge is 0.274 e. The molecule has 0 spiro atoms. The van der Waals surface area contributed by atoms with E-state index in [0.29, 0.717) is 5.56 Å². The van der Waals surface area contributed by atoms with E-state index in [1.807, 2.05) is 32.9 Å². The molecule has 1 aromatic rings. The number of hydroxylamine groups is 2. The number of carbonyl (C=O) groups excluding carboxylic acids is 1. The molecular weight excluding hydrogens is 190 g/mol. The van der Waals surface area contributed by atoms with Crippen molar-refractivity contribution in [2.24, 2.45) is 0 Å². The lowest BCUT2D eigenvalue weighted by Crippen LogP contribution is -2.25. The van der Waals surface area contributed by atoms with E-state index in [1.165, 1.54) is 12.2 Å². The monoisotopic (exact) mass is 209 g/mol. The molecule has 0 saturated heterocycles. The second-order valence-electron chi connectivity index (χ2n) is 2.85. The zero-order chi connectivity index (χ0) is 11.8. The van der Waals surface area contributed by atoms with Crippen LogP contribution in [-0.4, -0.2) is 25.1 Å². The molecule has 0 N–H and O–H groups in total. The molecule has 0 fully saturated rings. The molecular formula is C12H19NO2. The van der Waals surface area contributed by atoms with Crippen molar-refractivity contribution in [2.75, 3.05) is 14.2 Å². The van der Waals surface area contributed by atoms with Crippen molar-refractivity contribution in [3.8, 4) is 0 Å². The summed E-state index contributed by atoms with van der Waals surface area (Å²) in [6.07, 6.45) is 0. The van der Waals surface area contributed by atoms with Crippen LogP contribution in [0.2, 0.25) is 0 Å². The lowest BCUT2D eigenvalue weighted by atomic mass is 10.1. The summed E-state index contributed by atoms with van der Waals surface area (Å²) in [6, 6.07) is 7.37. The average Bonchev–Trinajstić information content (AvgIpc) is 2.31. The lowest BCUT2D eigenvalue weighted by molar-refractivity contribution is -0.0756. The molecule has 3 nitrogen and oxygen atoms in total. The fourth-order valence-corrected chi connectivity index (χ4v) is 0.961. The van der Waals surface area contributed by atoms with Gasteiger partial charge in [0, 0.05) is 12.6 Å². The van der Waals surface area contributed by atoms with E-state index in [1.54, 1.807) is 19.2 Å². The Kier molecular flexibility index (Phi) is 6.38. The van der Waals surface area contributed by atoms with Crippen LogP contribution in [-0.2, 0) is 4.84 Å². The zero-order valence-electron chi connectivity index (χ0n) is 10.1. The highest BCUT2D eigenvalue weighted by Gasteiger charge is 2.09. The Hall–Kier alpha value is -1.35. The van der Waals surface area contributed by atoms with Gasteiger partial charge in [-0.25, -0.2) is 5.06 Å². The van der Waals surface area contributed by atoms with Gasteiger partial charge in [0.25, 0.3) is 5.91 Å². The number of amides is 1. The summed E-state index contributed by atoms with van der Waals surface area (Å²) >= 11 is 0. The summed E-state index contributed by atoms with van der Waals surface area (Å²) in [6.45, 7) is 5.98. The molecule has 84 valence electrons. The minimum atomic E-state index is -0.137. The lowest BCUT2D eigenvalue weighted by Gasteiger charge is -2.13. The fraction of sp³-hybridized carbons (Fsp3) is 0.417. The number of hydrogen-bond acceptors (Lipinski definition) is 2. The Morgan fingerprint density at radius 3 is 2.07 bits per heavy atom. The molecule has 0 atom stereocenters. The SMILES string of the molecule is CC.CON(C)C(=O)c1ccc(C)cc1. The number of nitrogens with zero attached hydrogens (tertiary/aromatic N) is 1. The van der Waals surface area contributed by atoms with Crippen molar-refractivity contribution in [3.05, 3.63) is 35.4 Å². The molecule has 0 heterocycles. The predicted octanol–water partition coefficient (Wildman–Crippen LogP) is 2.65. The van der Waals surface area contributed by atoms with Crippen LogP contribution in [0.1, 0.15) is 29.8 Å². The van der Waals surface area contributed by atoms with Crippen molar-refractivity contribution in [2.45, 2.75) is 20.8 Å². The van der Waals surface area contributed by atoms with Crippen LogP contribution in [0.5, 0.6) is 0 Å². The van der Waals surface area contributed by atoms with Crippen molar-refractivity contribution >= 4 is 5.91 Å². The Morgan fingerprint density at radius 1 is 1.20 bits per heavy atom. The normalized spacial score (nSPS) is 8.87. The molecule has 15 heavy (non-hydrogen) atoms. The maximum Gasteiger partial charge on any atom is 0.277 e. The summed E-state index contributed by atoms with van der Waals surface area (Å²) in [5, 5.41) is 1.20. The van der Waals surface area contributed by atoms with Crippen molar-refractivity contribution in [3.63, 3.8) is 0 Å². The Bertz CT molecular complexity index is 293. The van der Waals surface area contributed by atoms with E-state index in [0.717, 1.165) is 5.56 Å². The third-order valence-corrected chi connectivity index (χ3v) is 1.86. The van der Waals surface area contributed by atoms with Gasteiger partial charge in [-0.1, -0.05) is 31.5 Å². The van der Waals surface area contributed by atoms with Gasteiger partial charge in [-0.15, -0.1) is 0 Å². The van der Waals surface area contributed by atoms with Gasteiger partial charge in [0.1, 0.15) is 0 Å². The first kappa shape index (κ1) is 13.7. The van der Waals surface area contributed by atoms with Crippen molar-refractivity contribution in [1.29, 1.82) is 0 Å². The summed E-state index contributed by atoms with van der Waals surface area (Å²) in [4.78, 5) is 16.3. The molecule has 0 aliphatic heterocycles. The highest BCUT2D eigenvalue weighted by molar-refractivity contribution is 5.93. The molecule has 0 saturated carbocycles. The van der Waals surface area contributed by atoms with Crippen LogP contribution in [0.4, 0.5) is 0 Å². The first-order valence-corrected chi connectivity index (χ1v) is 5.04. The number of rotatable bonds is 2. The molecule has 0 bridgehead atoms. The molecule has 0 aliphatic carbocycles. The highest BCUT2D eigenvalue weighted by Crippen LogP contribution is 2.05. The predicted molar refractivity (Wildman–Crippen MR) is 61.6 cm³/mol. The standard InChI is InChI=1S/C10H13NO2.C2H6/c1-8-4-6-9(7-5-8)10(12)11(2)13-3;1-2/h4-7H,1-3H3;1-2H3. The first-order valence-electron chi connectivity index (χ1n) is 5.04. The molecule has 0 radical (unpaired) electrons. The van der Waals surface area contributed by atoms with Crippen LogP contribution in [0, 0.1) is 6.92 Å². The topological polar surface area (TPSA) is 29.5 Å². The summed E-state index contributed by atoms with van der Waals surface area (Å²) in [5.41, 5.74) is 1.77. The molecule has 0 unspecified atom stereocenters. The fourth-order valence-electron chi connectivity index (χ4n) is 0.961. The number of aryl methyl sites for hydroxylation is 1. The Balaban J connectivity index is 0.000000921. The molecule has 1 aromatic carbocycles. The van der Waals surface area contributed by atoms with Gasteiger partial charge in [0.2, 0.25) is 0 Å². The summed E-state index contributed by atoms with van der Waals surface area (Å²) in [7, 11) is 3.05. The van der Waals surface area contributed by atoms with Crippen LogP contribution >= 0.6 is 0 Å². The largest absolute Gasteiger partial charge is 0.277 e. The maximum absolute atomic E-state index is 11.5. The average molecular weight is 209 g/mol. The number of benzene rings is 1. The van der Waals surface area contributed by atoms with Crippen LogP contribution in [0.3, 0.4) is 0 Å². The quantitative estimate of drug-likeness (QED) is 0.701. The number of carbonyl (C=O) groups is 1. The third kappa shape index (κ3) is 4.13. The van der Waals surface area contributed by atoms with E-state index in [9.17, 15) is 4.79 Å². The molecule has 0 aliphatic rings. The summed E-state index contributed by atoms with van der Waals surface area (Å²) in [5.74, 6) is -0.137. The van der Waals surface area contributed by atoms with Gasteiger partial charge in [0.15, 0.2) is 0 Å². The first-order chi connectivity index (χ1) is 7.15. The van der Waals surface area contributed by atoms with Crippen LogP contribution in [0.15, 0.2) is 24.3 Å². The number of hydrogen-bond donors (Lipinski definition) is 0. The van der Waals surface area contributed by atoms with E-state index in [-0.39, 0.29) is 5.91 Å². The third-order valence-electron chi connectivity index (χ3n) is 1.86. The van der Waals surface area contributed by atoms with Gasteiger partial charge in [0.05, 0.1) is 7.11 Å². The van der Waals surface area contributed by atoms with Gasteiger partial charge in [-0.3, -0.25) is 9.63 Å². The van der Waals surface area contributed by atoms with E-state index in [4.69, 9.17) is 4.84 Å². The molecule has 1 rings (SSSR count). The summed E-state index contributed by atoms with van der Waals surface area (Å²) < 4.78 is 0. The van der Waals surface area contributed by atoms with E-state index < -0.39 is 0 Å². The van der Waals surface area contributed by atoms with Crippen LogP contribution in [0.25, 0.3) is 0 Å². The zero-order valence-corrected chi connectivity index (χ0v) is 10.1.